The third-order valence-electron chi connectivity index (χ3n) is 4.08. The van der Waals surface area contributed by atoms with Crippen molar-refractivity contribution < 1.29 is 24.5 Å². The molecule has 0 aromatic heterocycles. The van der Waals surface area contributed by atoms with Gasteiger partial charge < -0.3 is 20.3 Å². The number of carboxylic acid groups (broad SMARTS) is 1. The van der Waals surface area contributed by atoms with Crippen LogP contribution in [0, 0.1) is 0 Å². The number of halogens is 2. The molecule has 0 unspecified atom stereocenters. The highest BCUT2D eigenvalue weighted by atomic mass is 35.5. The van der Waals surface area contributed by atoms with Gasteiger partial charge in [-0.2, -0.15) is 0 Å². The van der Waals surface area contributed by atoms with Gasteiger partial charge in [0, 0.05) is 17.2 Å². The summed E-state index contributed by atoms with van der Waals surface area (Å²) >= 11 is 12.1. The number of nitrogens with one attached hydrogen (secondary N) is 1. The summed E-state index contributed by atoms with van der Waals surface area (Å²) in [5, 5.41) is 22.8. The zero-order valence-corrected chi connectivity index (χ0v) is 16.7. The Hall–Kier alpha value is -2.12. The summed E-state index contributed by atoms with van der Waals surface area (Å²) in [5.41, 5.74) is 2.59. The zero-order chi connectivity index (χ0) is 20.7. The van der Waals surface area contributed by atoms with Crippen LogP contribution in [0.25, 0.3) is 11.1 Å². The fourth-order valence-electron chi connectivity index (χ4n) is 2.79. The van der Waals surface area contributed by atoms with E-state index < -0.39 is 30.4 Å². The molecule has 2 aromatic rings. The molecule has 150 valence electrons. The minimum atomic E-state index is -1.23. The number of aliphatic hydroxyl groups excluding tert-OH is 1. The van der Waals surface area contributed by atoms with Crippen LogP contribution >= 0.6 is 23.2 Å². The monoisotopic (exact) mass is 425 g/mol. The molecule has 3 N–H and O–H groups in total. The molecule has 0 fully saturated rings. The molecule has 2 aromatic carbocycles. The van der Waals surface area contributed by atoms with Gasteiger partial charge in [-0.15, -0.1) is 0 Å². The van der Waals surface area contributed by atoms with Crippen molar-refractivity contribution in [1.82, 2.24) is 5.32 Å². The molecule has 6 nitrogen and oxygen atoms in total. The maximum Gasteiger partial charge on any atom is 0.306 e. The van der Waals surface area contributed by atoms with Crippen molar-refractivity contribution >= 4 is 35.1 Å². The first-order valence-corrected chi connectivity index (χ1v) is 9.27. The molecule has 2 rings (SSSR count). The Balaban J connectivity index is 2.16. The fraction of sp³-hybridized carbons (Fsp3) is 0.300. The Kier molecular flexibility index (Phi) is 8.26. The largest absolute Gasteiger partial charge is 0.481 e. The molecule has 0 radical (unpaired) electrons. The fourth-order valence-corrected chi connectivity index (χ4v) is 3.32. The summed E-state index contributed by atoms with van der Waals surface area (Å²) in [6.45, 7) is -0.176. The van der Waals surface area contributed by atoms with Crippen LogP contribution in [0.4, 0.5) is 0 Å². The number of rotatable bonds is 9. The number of benzene rings is 2. The van der Waals surface area contributed by atoms with Crippen LogP contribution < -0.4 is 5.32 Å². The van der Waals surface area contributed by atoms with Gasteiger partial charge in [0.05, 0.1) is 18.6 Å². The molecule has 0 saturated carbocycles. The second-order valence-electron chi connectivity index (χ2n) is 6.33. The van der Waals surface area contributed by atoms with E-state index in [-0.39, 0.29) is 13.0 Å². The SMILES string of the molecule is COCC(=O)N[C@H](Cc1ccc(-c2cc(Cl)cc(Cl)c2)cc1)[C@@H](O)CC(=O)O. The molecule has 0 heterocycles. The number of aliphatic carboxylic acids is 1. The van der Waals surface area contributed by atoms with Gasteiger partial charge in [0.15, 0.2) is 0 Å². The molecule has 0 saturated heterocycles. The molecule has 0 spiro atoms. The van der Waals surface area contributed by atoms with Gasteiger partial charge in [0.2, 0.25) is 5.91 Å². The lowest BCUT2D eigenvalue weighted by Crippen LogP contribution is -2.46. The summed E-state index contributed by atoms with van der Waals surface area (Å²) in [4.78, 5) is 22.7. The quantitative estimate of drug-likeness (QED) is 0.573. The number of hydrogen-bond donors (Lipinski definition) is 3. The summed E-state index contributed by atoms with van der Waals surface area (Å²) in [5.74, 6) is -1.58. The van der Waals surface area contributed by atoms with Gasteiger partial charge in [-0.3, -0.25) is 9.59 Å². The van der Waals surface area contributed by atoms with Gasteiger partial charge in [-0.1, -0.05) is 47.5 Å². The number of carbonyl (C=O) groups excluding carboxylic acids is 1. The highest BCUT2D eigenvalue weighted by Gasteiger charge is 2.24. The van der Waals surface area contributed by atoms with E-state index in [4.69, 9.17) is 33.0 Å². The average Bonchev–Trinajstić information content (AvgIpc) is 2.60. The van der Waals surface area contributed by atoms with Crippen LogP contribution in [-0.4, -0.2) is 48.0 Å². The molecular formula is C20H21Cl2NO5. The summed E-state index contributed by atoms with van der Waals surface area (Å²) in [7, 11) is 1.38. The molecule has 0 bridgehead atoms. The van der Waals surface area contributed by atoms with Crippen molar-refractivity contribution in [3.05, 3.63) is 58.1 Å². The Morgan fingerprint density at radius 1 is 1.07 bits per heavy atom. The van der Waals surface area contributed by atoms with Crippen molar-refractivity contribution in [3.63, 3.8) is 0 Å². The van der Waals surface area contributed by atoms with Crippen molar-refractivity contribution in [1.29, 1.82) is 0 Å². The van der Waals surface area contributed by atoms with Crippen LogP contribution in [-0.2, 0) is 20.7 Å². The molecule has 1 amide bonds. The average molecular weight is 426 g/mol. The van der Waals surface area contributed by atoms with Crippen molar-refractivity contribution in [2.45, 2.75) is 25.0 Å². The van der Waals surface area contributed by atoms with E-state index in [1.807, 2.05) is 24.3 Å². The first-order chi connectivity index (χ1) is 13.3. The maximum atomic E-state index is 11.8. The Morgan fingerprint density at radius 3 is 2.21 bits per heavy atom. The van der Waals surface area contributed by atoms with Crippen LogP contribution in [0.5, 0.6) is 0 Å². The van der Waals surface area contributed by atoms with Crippen molar-refractivity contribution in [2.75, 3.05) is 13.7 Å². The second-order valence-corrected chi connectivity index (χ2v) is 7.20. The summed E-state index contributed by atoms with van der Waals surface area (Å²) < 4.78 is 4.77. The highest BCUT2D eigenvalue weighted by Crippen LogP contribution is 2.27. The van der Waals surface area contributed by atoms with E-state index in [0.717, 1.165) is 16.7 Å². The normalized spacial score (nSPS) is 13.0. The summed E-state index contributed by atoms with van der Waals surface area (Å²) in [6, 6.07) is 11.9. The number of hydrogen-bond acceptors (Lipinski definition) is 4. The third-order valence-corrected chi connectivity index (χ3v) is 4.51. The minimum absolute atomic E-state index is 0.176. The Bertz CT molecular complexity index is 806. The zero-order valence-electron chi connectivity index (χ0n) is 15.2. The van der Waals surface area contributed by atoms with Crippen LogP contribution in [0.15, 0.2) is 42.5 Å². The first-order valence-electron chi connectivity index (χ1n) is 8.52. The Labute approximate surface area is 173 Å². The lowest BCUT2D eigenvalue weighted by Gasteiger charge is -2.23. The lowest BCUT2D eigenvalue weighted by molar-refractivity contribution is -0.140. The molecule has 8 heteroatoms. The smallest absolute Gasteiger partial charge is 0.306 e. The minimum Gasteiger partial charge on any atom is -0.481 e. The predicted molar refractivity (Wildman–Crippen MR) is 108 cm³/mol. The van der Waals surface area contributed by atoms with E-state index in [2.05, 4.69) is 5.32 Å². The highest BCUT2D eigenvalue weighted by molar-refractivity contribution is 6.35. The van der Waals surface area contributed by atoms with E-state index in [1.165, 1.54) is 7.11 Å². The number of amides is 1. The first kappa shape index (κ1) is 22.2. The second kappa shape index (κ2) is 10.4. The number of carbonyl (C=O) groups is 2. The third kappa shape index (κ3) is 6.80. The predicted octanol–water partition coefficient (Wildman–Crippen LogP) is 3.17. The molecule has 2 atom stereocenters. The van der Waals surface area contributed by atoms with Crippen LogP contribution in [0.2, 0.25) is 10.0 Å². The number of aliphatic hydroxyl groups is 1. The topological polar surface area (TPSA) is 95.9 Å². The molecule has 28 heavy (non-hydrogen) atoms. The van der Waals surface area contributed by atoms with Crippen LogP contribution in [0.3, 0.4) is 0 Å². The Morgan fingerprint density at radius 2 is 1.68 bits per heavy atom. The van der Waals surface area contributed by atoms with Gasteiger partial charge in [-0.25, -0.2) is 0 Å². The summed E-state index contributed by atoms with van der Waals surface area (Å²) in [6.07, 6.45) is -1.44. The van der Waals surface area contributed by atoms with E-state index >= 15 is 0 Å². The van der Waals surface area contributed by atoms with E-state index in [0.29, 0.717) is 10.0 Å². The van der Waals surface area contributed by atoms with Gasteiger partial charge in [0.1, 0.15) is 6.61 Å². The number of carboxylic acids is 1. The number of ether oxygens (including phenoxy) is 1. The number of methoxy groups -OCH3 is 1. The van der Waals surface area contributed by atoms with Gasteiger partial charge in [-0.05, 0) is 41.3 Å². The van der Waals surface area contributed by atoms with Crippen LogP contribution in [0.1, 0.15) is 12.0 Å². The van der Waals surface area contributed by atoms with Crippen molar-refractivity contribution in [2.24, 2.45) is 0 Å². The molecule has 0 aliphatic carbocycles. The van der Waals surface area contributed by atoms with E-state index in [1.54, 1.807) is 18.2 Å². The van der Waals surface area contributed by atoms with Gasteiger partial charge in [0.25, 0.3) is 0 Å². The molecule has 0 aliphatic rings. The molecular weight excluding hydrogens is 405 g/mol. The van der Waals surface area contributed by atoms with E-state index in [9.17, 15) is 14.7 Å². The standard InChI is InChI=1S/C20H21Cl2NO5/c1-28-11-19(25)23-17(18(24)10-20(26)27)6-12-2-4-13(5-3-12)14-7-15(21)9-16(22)8-14/h2-5,7-9,17-18,24H,6,10-11H2,1H3,(H,23,25)(H,26,27)/t17-,18+/m1/s1. The van der Waals surface area contributed by atoms with Gasteiger partial charge >= 0.3 is 5.97 Å². The maximum absolute atomic E-state index is 11.8. The lowest BCUT2D eigenvalue weighted by atomic mass is 9.97. The van der Waals surface area contributed by atoms with Crippen molar-refractivity contribution in [3.8, 4) is 11.1 Å². The molecule has 0 aliphatic heterocycles.